The van der Waals surface area contributed by atoms with Gasteiger partial charge in [-0.25, -0.2) is 14.0 Å². The molecule has 9 heteroatoms. The fourth-order valence-electron chi connectivity index (χ4n) is 6.24. The van der Waals surface area contributed by atoms with Crippen LogP contribution in [-0.2, 0) is 16.1 Å². The fourth-order valence-corrected chi connectivity index (χ4v) is 6.24. The predicted octanol–water partition coefficient (Wildman–Crippen LogP) is 4.79. The average molecular weight is 508 g/mol. The minimum Gasteiger partial charge on any atom is -0.481 e. The van der Waals surface area contributed by atoms with E-state index in [2.05, 4.69) is 0 Å². The van der Waals surface area contributed by atoms with Crippen molar-refractivity contribution in [2.24, 2.45) is 11.8 Å². The van der Waals surface area contributed by atoms with Gasteiger partial charge in [-0.05, 0) is 49.4 Å². The van der Waals surface area contributed by atoms with Crippen LogP contribution in [0.25, 0.3) is 0 Å². The highest BCUT2D eigenvalue weighted by molar-refractivity contribution is 5.91. The van der Waals surface area contributed by atoms with Crippen LogP contribution in [-0.4, -0.2) is 58.2 Å². The molecule has 0 radical (unpaired) electrons. The van der Waals surface area contributed by atoms with E-state index < -0.39 is 23.8 Å². The topological polar surface area (TPSA) is 90.4 Å². The van der Waals surface area contributed by atoms with E-state index in [1.807, 2.05) is 35.2 Å². The van der Waals surface area contributed by atoms with Gasteiger partial charge in [-0.1, -0.05) is 36.8 Å². The van der Waals surface area contributed by atoms with E-state index in [0.29, 0.717) is 11.3 Å². The molecule has 3 atom stereocenters. The first-order valence-corrected chi connectivity index (χ1v) is 13.0. The monoisotopic (exact) mass is 507 g/mol. The van der Waals surface area contributed by atoms with E-state index in [1.54, 1.807) is 15.9 Å². The number of amides is 3. The zero-order chi connectivity index (χ0) is 25.7. The molecule has 37 heavy (non-hydrogen) atoms. The van der Waals surface area contributed by atoms with Gasteiger partial charge in [-0.2, -0.15) is 0 Å². The SMILES string of the molecule is O=C(O)C1CN(C(=O)N(C2CC2)[C@H]2c3cc(F)ccc3N(C(=O)OCc3ccccc3)[C@H]3CCC[C@H]32)C1. The lowest BCUT2D eigenvalue weighted by molar-refractivity contribution is -0.146. The molecule has 0 aromatic heterocycles. The molecule has 0 bridgehead atoms. The summed E-state index contributed by atoms with van der Waals surface area (Å²) in [4.78, 5) is 43.6. The van der Waals surface area contributed by atoms with Crippen molar-refractivity contribution in [3.63, 3.8) is 0 Å². The Labute approximate surface area is 214 Å². The molecule has 2 saturated carbocycles. The van der Waals surface area contributed by atoms with Gasteiger partial charge < -0.3 is 19.6 Å². The number of ether oxygens (including phenoxy) is 1. The number of nitrogens with zero attached hydrogens (tertiary/aromatic N) is 3. The molecule has 194 valence electrons. The highest BCUT2D eigenvalue weighted by Crippen LogP contribution is 2.53. The van der Waals surface area contributed by atoms with Crippen LogP contribution >= 0.6 is 0 Å². The number of urea groups is 1. The van der Waals surface area contributed by atoms with Gasteiger partial charge in [0.25, 0.3) is 0 Å². The highest BCUT2D eigenvalue weighted by Gasteiger charge is 2.53. The number of fused-ring (bicyclic) bond motifs is 2. The number of likely N-dealkylation sites (tertiary alicyclic amines) is 1. The van der Waals surface area contributed by atoms with Crippen LogP contribution in [0.1, 0.15) is 49.3 Å². The molecule has 1 saturated heterocycles. The smallest absolute Gasteiger partial charge is 0.414 e. The second kappa shape index (κ2) is 9.36. The van der Waals surface area contributed by atoms with Crippen LogP contribution in [0, 0.1) is 17.7 Å². The fraction of sp³-hybridized carbons (Fsp3) is 0.464. The molecule has 3 fully saturated rings. The van der Waals surface area contributed by atoms with Gasteiger partial charge in [-0.3, -0.25) is 9.69 Å². The number of carbonyl (C=O) groups excluding carboxylic acids is 2. The van der Waals surface area contributed by atoms with Crippen molar-refractivity contribution in [3.05, 3.63) is 65.5 Å². The van der Waals surface area contributed by atoms with E-state index >= 15 is 0 Å². The van der Waals surface area contributed by atoms with Crippen LogP contribution < -0.4 is 4.90 Å². The van der Waals surface area contributed by atoms with Gasteiger partial charge in [0, 0.05) is 36.7 Å². The van der Waals surface area contributed by atoms with Crippen LogP contribution in [0.5, 0.6) is 0 Å². The number of halogens is 1. The van der Waals surface area contributed by atoms with Crippen molar-refractivity contribution in [2.45, 2.75) is 56.8 Å². The molecule has 4 aliphatic rings. The number of benzene rings is 2. The molecule has 0 unspecified atom stereocenters. The maximum absolute atomic E-state index is 14.7. The normalized spacial score (nSPS) is 24.6. The Morgan fingerprint density at radius 1 is 1.03 bits per heavy atom. The predicted molar refractivity (Wildman–Crippen MR) is 132 cm³/mol. The number of hydrogen-bond acceptors (Lipinski definition) is 4. The minimum atomic E-state index is -0.896. The van der Waals surface area contributed by atoms with Gasteiger partial charge in [0.15, 0.2) is 0 Å². The van der Waals surface area contributed by atoms with Gasteiger partial charge >= 0.3 is 18.1 Å². The summed E-state index contributed by atoms with van der Waals surface area (Å²) in [6, 6.07) is 13.2. The maximum atomic E-state index is 14.7. The van der Waals surface area contributed by atoms with Crippen LogP contribution in [0.2, 0.25) is 0 Å². The summed E-state index contributed by atoms with van der Waals surface area (Å²) >= 11 is 0. The van der Waals surface area contributed by atoms with Crippen LogP contribution in [0.3, 0.4) is 0 Å². The molecule has 0 spiro atoms. The molecule has 2 heterocycles. The number of hydrogen-bond donors (Lipinski definition) is 1. The largest absolute Gasteiger partial charge is 0.481 e. The summed E-state index contributed by atoms with van der Waals surface area (Å²) < 4.78 is 20.4. The van der Waals surface area contributed by atoms with E-state index in [1.165, 1.54) is 12.1 Å². The number of carboxylic acids is 1. The maximum Gasteiger partial charge on any atom is 0.414 e. The summed E-state index contributed by atoms with van der Waals surface area (Å²) in [5, 5.41) is 9.28. The first-order valence-electron chi connectivity index (χ1n) is 13.0. The standard InChI is InChI=1S/C28H30FN3O5/c29-19-9-12-24-22(13-19)25(31(20-10-11-20)27(35)30-14-18(15-30)26(33)34)21-7-4-8-23(21)32(24)28(36)37-16-17-5-2-1-3-6-17/h1-3,5-6,9,12-13,18,20-21,23,25H,4,7-8,10-11,14-16H2,(H,33,34)/t21-,23+,25-/m1/s1. The molecule has 3 amide bonds. The van der Waals surface area contributed by atoms with Crippen LogP contribution in [0.15, 0.2) is 48.5 Å². The van der Waals surface area contributed by atoms with E-state index in [0.717, 1.165) is 37.7 Å². The minimum absolute atomic E-state index is 0.0373. The highest BCUT2D eigenvalue weighted by atomic mass is 19.1. The first kappa shape index (κ1) is 23.8. The zero-order valence-electron chi connectivity index (χ0n) is 20.5. The molecule has 2 aromatic carbocycles. The van der Waals surface area contributed by atoms with Crippen molar-refractivity contribution in [3.8, 4) is 0 Å². The average Bonchev–Trinajstić information content (AvgIpc) is 3.57. The second-order valence-corrected chi connectivity index (χ2v) is 10.6. The van der Waals surface area contributed by atoms with E-state index in [-0.39, 0.29) is 49.8 Å². The zero-order valence-corrected chi connectivity index (χ0v) is 20.5. The third-order valence-corrected chi connectivity index (χ3v) is 8.20. The quantitative estimate of drug-likeness (QED) is 0.628. The first-order chi connectivity index (χ1) is 17.9. The Morgan fingerprint density at radius 3 is 2.49 bits per heavy atom. The summed E-state index contributed by atoms with van der Waals surface area (Å²) in [6.45, 7) is 0.512. The van der Waals surface area contributed by atoms with Crippen molar-refractivity contribution in [2.75, 3.05) is 18.0 Å². The van der Waals surface area contributed by atoms with Gasteiger partial charge in [-0.15, -0.1) is 0 Å². The number of rotatable bonds is 5. The Morgan fingerprint density at radius 2 is 1.78 bits per heavy atom. The Kier molecular flexibility index (Phi) is 6.01. The number of carbonyl (C=O) groups is 3. The number of carboxylic acid groups (broad SMARTS) is 1. The summed E-state index contributed by atoms with van der Waals surface area (Å²) in [7, 11) is 0. The number of aliphatic carboxylic acids is 1. The molecular formula is C28H30FN3O5. The van der Waals surface area contributed by atoms with Crippen molar-refractivity contribution in [1.29, 1.82) is 0 Å². The van der Waals surface area contributed by atoms with Crippen molar-refractivity contribution < 1.29 is 28.6 Å². The van der Waals surface area contributed by atoms with Crippen molar-refractivity contribution in [1.82, 2.24) is 9.80 Å². The summed E-state index contributed by atoms with van der Waals surface area (Å²) in [6.07, 6.45) is 3.73. The third kappa shape index (κ3) is 4.30. The van der Waals surface area contributed by atoms with E-state index in [4.69, 9.17) is 4.74 Å². The molecular weight excluding hydrogens is 477 g/mol. The Bertz CT molecular complexity index is 1210. The summed E-state index contributed by atoms with van der Waals surface area (Å²) in [5.74, 6) is -1.92. The number of anilines is 1. The Hall–Kier alpha value is -3.62. The van der Waals surface area contributed by atoms with Gasteiger partial charge in [0.05, 0.1) is 17.6 Å². The van der Waals surface area contributed by atoms with Crippen LogP contribution in [0.4, 0.5) is 19.7 Å². The lowest BCUT2D eigenvalue weighted by Gasteiger charge is -2.49. The lowest BCUT2D eigenvalue weighted by Crippen LogP contribution is -2.60. The molecule has 1 N–H and O–H groups in total. The van der Waals surface area contributed by atoms with Gasteiger partial charge in [0.1, 0.15) is 12.4 Å². The second-order valence-electron chi connectivity index (χ2n) is 10.6. The van der Waals surface area contributed by atoms with E-state index in [9.17, 15) is 23.9 Å². The molecule has 2 aliphatic heterocycles. The summed E-state index contributed by atoms with van der Waals surface area (Å²) in [5.41, 5.74) is 2.08. The Balaban J connectivity index is 1.32. The molecule has 2 aromatic rings. The lowest BCUT2D eigenvalue weighted by atomic mass is 9.81. The van der Waals surface area contributed by atoms with Crippen molar-refractivity contribution >= 4 is 23.8 Å². The molecule has 8 nitrogen and oxygen atoms in total. The third-order valence-electron chi connectivity index (χ3n) is 8.20. The van der Waals surface area contributed by atoms with Gasteiger partial charge in [0.2, 0.25) is 0 Å². The molecule has 2 aliphatic carbocycles. The molecule has 6 rings (SSSR count).